The van der Waals surface area contributed by atoms with Crippen LogP contribution in [-0.2, 0) is 38.2 Å². The number of amides is 1. The molecule has 0 spiro atoms. The van der Waals surface area contributed by atoms with E-state index in [1.165, 1.54) is 33.0 Å². The summed E-state index contributed by atoms with van der Waals surface area (Å²) < 4.78 is 16.6. The fourth-order valence-electron chi connectivity index (χ4n) is 8.02. The van der Waals surface area contributed by atoms with Crippen molar-refractivity contribution in [1.29, 1.82) is 0 Å². The molecule has 0 N–H and O–H groups in total. The Bertz CT molecular complexity index is 1990. The number of carbonyl (C=O) groups is 6. The molecule has 2 aromatic rings. The minimum absolute atomic E-state index is 0.0209. The molecule has 3 heterocycles. The first-order valence-electron chi connectivity index (χ1n) is 15.3. The van der Waals surface area contributed by atoms with Gasteiger partial charge in [0.25, 0.3) is 0 Å². The number of ketones is 4. The number of likely N-dealkylation sites (N-methyl/N-ethyl adjacent to an activating group) is 1. The standard InChI is InChI=1S/C36H32N2O9/c1-16-29(39)21-13-23-28-27-22(30(40)17(2)34(46-5)32(27)42)14-24(37(28)3)35(43)38(23)25(26(21)31(41)33(16)45-4)15-47-36(44)20-12-8-10-18-9-6-7-11-19(18)20/h6-12,23-25,28H,13-15H2,1-5H3/t23-,24-,25-,28-/m0/s1. The number of fused-ring (bicyclic) bond motifs is 6. The number of carbonyl (C=O) groups excluding carboxylic acids is 6. The Morgan fingerprint density at radius 1 is 0.787 bits per heavy atom. The van der Waals surface area contributed by atoms with Crippen LogP contribution in [0, 0.1) is 0 Å². The van der Waals surface area contributed by atoms with Crippen LogP contribution in [0.5, 0.6) is 0 Å². The number of methoxy groups -OCH3 is 2. The third-order valence-electron chi connectivity index (χ3n) is 10.2. The first kappa shape index (κ1) is 30.5. The van der Waals surface area contributed by atoms with Crippen molar-refractivity contribution < 1.29 is 43.0 Å². The van der Waals surface area contributed by atoms with Crippen LogP contribution in [0.4, 0.5) is 0 Å². The number of allylic oxidation sites excluding steroid dienone is 4. The second-order valence-corrected chi connectivity index (χ2v) is 12.4. The topological polar surface area (TPSA) is 137 Å². The lowest BCUT2D eigenvalue weighted by Gasteiger charge is -2.57. The average molecular weight is 637 g/mol. The molecule has 11 nitrogen and oxygen atoms in total. The number of hydrogen-bond donors (Lipinski definition) is 0. The maximum Gasteiger partial charge on any atom is 0.338 e. The number of esters is 1. The van der Waals surface area contributed by atoms with Crippen molar-refractivity contribution in [2.75, 3.05) is 27.9 Å². The second-order valence-electron chi connectivity index (χ2n) is 12.4. The zero-order valence-electron chi connectivity index (χ0n) is 26.5. The van der Waals surface area contributed by atoms with Gasteiger partial charge >= 0.3 is 5.97 Å². The molecule has 4 atom stereocenters. The summed E-state index contributed by atoms with van der Waals surface area (Å²) >= 11 is 0. The molecule has 2 bridgehead atoms. The van der Waals surface area contributed by atoms with Gasteiger partial charge < -0.3 is 19.1 Å². The Labute approximate surface area is 270 Å². The van der Waals surface area contributed by atoms with Gasteiger partial charge in [0.1, 0.15) is 6.61 Å². The average Bonchev–Trinajstić information content (AvgIpc) is 3.07. The molecule has 240 valence electrons. The number of benzene rings is 2. The lowest BCUT2D eigenvalue weighted by Crippen LogP contribution is -2.73. The van der Waals surface area contributed by atoms with E-state index in [9.17, 15) is 28.8 Å². The van der Waals surface area contributed by atoms with Crippen LogP contribution in [0.25, 0.3) is 10.8 Å². The smallest absolute Gasteiger partial charge is 0.338 e. The summed E-state index contributed by atoms with van der Waals surface area (Å²) in [5.41, 5.74) is 1.28. The quantitative estimate of drug-likeness (QED) is 0.356. The molecule has 7 rings (SSSR count). The van der Waals surface area contributed by atoms with Crippen molar-refractivity contribution in [3.63, 3.8) is 0 Å². The fourth-order valence-corrected chi connectivity index (χ4v) is 8.02. The Balaban J connectivity index is 1.34. The predicted molar refractivity (Wildman–Crippen MR) is 167 cm³/mol. The van der Waals surface area contributed by atoms with Crippen LogP contribution in [0.1, 0.15) is 37.0 Å². The van der Waals surface area contributed by atoms with Crippen LogP contribution in [-0.4, -0.2) is 96.9 Å². The van der Waals surface area contributed by atoms with Crippen LogP contribution in [0.3, 0.4) is 0 Å². The van der Waals surface area contributed by atoms with E-state index in [0.29, 0.717) is 10.9 Å². The molecule has 3 aliphatic heterocycles. The highest BCUT2D eigenvalue weighted by atomic mass is 16.5. The Hall–Kier alpha value is -5.16. The van der Waals surface area contributed by atoms with Gasteiger partial charge in [-0.1, -0.05) is 36.4 Å². The molecular formula is C36H32N2O9. The maximum atomic E-state index is 14.4. The highest BCUT2D eigenvalue weighted by Crippen LogP contribution is 2.47. The number of hydrogen-bond acceptors (Lipinski definition) is 10. The molecule has 0 radical (unpaired) electrons. The second kappa shape index (κ2) is 11.0. The van der Waals surface area contributed by atoms with Crippen molar-refractivity contribution in [1.82, 2.24) is 9.80 Å². The predicted octanol–water partition coefficient (Wildman–Crippen LogP) is 2.79. The molecule has 2 aliphatic carbocycles. The lowest BCUT2D eigenvalue weighted by atomic mass is 9.69. The Morgan fingerprint density at radius 2 is 1.38 bits per heavy atom. The molecule has 5 aliphatic rings. The Morgan fingerprint density at radius 3 is 2.04 bits per heavy atom. The van der Waals surface area contributed by atoms with Gasteiger partial charge in [-0.25, -0.2) is 4.79 Å². The van der Waals surface area contributed by atoms with Crippen LogP contribution in [0.15, 0.2) is 87.4 Å². The molecule has 2 aromatic carbocycles. The number of ether oxygens (including phenoxy) is 3. The van der Waals surface area contributed by atoms with Gasteiger partial charge in [-0.05, 0) is 44.2 Å². The number of rotatable bonds is 5. The van der Waals surface area contributed by atoms with E-state index in [1.54, 1.807) is 30.1 Å². The third-order valence-corrected chi connectivity index (χ3v) is 10.2. The molecular weight excluding hydrogens is 604 g/mol. The molecule has 0 unspecified atom stereocenters. The summed E-state index contributed by atoms with van der Waals surface area (Å²) in [5.74, 6) is -3.06. The van der Waals surface area contributed by atoms with Crippen LogP contribution < -0.4 is 0 Å². The first-order chi connectivity index (χ1) is 22.5. The summed E-state index contributed by atoms with van der Waals surface area (Å²) in [7, 11) is 4.34. The van der Waals surface area contributed by atoms with Crippen molar-refractivity contribution in [3.05, 3.63) is 93.0 Å². The molecule has 11 heteroatoms. The van der Waals surface area contributed by atoms with Gasteiger partial charge in [-0.15, -0.1) is 0 Å². The SMILES string of the molecule is COC1=C(C)C(=O)C2=C(C1=O)[C@@H]1[C@@H]3CC4=C(C(=O)C(OC)=C(C)C4=O)[C@H](COC(=O)c4cccc5ccccc45)N3C(=O)[C@H](C2)N1C. The van der Waals surface area contributed by atoms with E-state index in [2.05, 4.69) is 0 Å². The number of nitrogens with zero attached hydrogens (tertiary/aromatic N) is 2. The van der Waals surface area contributed by atoms with E-state index < -0.39 is 60.0 Å². The minimum Gasteiger partial charge on any atom is -0.492 e. The van der Waals surface area contributed by atoms with Crippen molar-refractivity contribution in [2.24, 2.45) is 0 Å². The lowest BCUT2D eigenvalue weighted by molar-refractivity contribution is -0.155. The van der Waals surface area contributed by atoms with Crippen molar-refractivity contribution in [2.45, 2.75) is 50.9 Å². The van der Waals surface area contributed by atoms with Gasteiger partial charge in [0.15, 0.2) is 23.1 Å². The number of Topliss-reactive ketones (excluding diaryl/α,β-unsaturated/α-hetero) is 4. The van der Waals surface area contributed by atoms with Gasteiger partial charge in [0, 0.05) is 39.9 Å². The monoisotopic (exact) mass is 636 g/mol. The molecule has 1 saturated heterocycles. The first-order valence-corrected chi connectivity index (χ1v) is 15.3. The molecule has 47 heavy (non-hydrogen) atoms. The summed E-state index contributed by atoms with van der Waals surface area (Å²) in [5, 5.41) is 1.51. The van der Waals surface area contributed by atoms with Crippen LogP contribution >= 0.6 is 0 Å². The highest BCUT2D eigenvalue weighted by molar-refractivity contribution is 6.27. The summed E-state index contributed by atoms with van der Waals surface area (Å²) in [4.78, 5) is 86.5. The molecule has 1 fully saturated rings. The highest BCUT2D eigenvalue weighted by Gasteiger charge is 2.59. The Kier molecular flexibility index (Phi) is 7.12. The van der Waals surface area contributed by atoms with E-state index in [1.807, 2.05) is 24.3 Å². The van der Waals surface area contributed by atoms with Gasteiger partial charge in [-0.3, -0.25) is 28.9 Å². The zero-order valence-corrected chi connectivity index (χ0v) is 26.5. The molecule has 0 aromatic heterocycles. The van der Waals surface area contributed by atoms with E-state index in [-0.39, 0.29) is 63.6 Å². The number of piperazine rings is 1. The van der Waals surface area contributed by atoms with Crippen molar-refractivity contribution in [3.8, 4) is 0 Å². The minimum atomic E-state index is -1.15. The maximum absolute atomic E-state index is 14.4. The van der Waals surface area contributed by atoms with Crippen molar-refractivity contribution >= 4 is 45.8 Å². The van der Waals surface area contributed by atoms with Gasteiger partial charge in [0.05, 0.1) is 44.0 Å². The third kappa shape index (κ3) is 4.22. The summed E-state index contributed by atoms with van der Waals surface area (Å²) in [6.07, 6.45) is -0.0777. The normalized spacial score (nSPS) is 26.1. The van der Waals surface area contributed by atoms with Gasteiger partial charge in [0.2, 0.25) is 17.5 Å². The summed E-state index contributed by atoms with van der Waals surface area (Å²) in [6.45, 7) is 2.60. The summed E-state index contributed by atoms with van der Waals surface area (Å²) in [6, 6.07) is 8.96. The molecule has 1 amide bonds. The zero-order chi connectivity index (χ0) is 33.5. The largest absolute Gasteiger partial charge is 0.492 e. The van der Waals surface area contributed by atoms with E-state index in [4.69, 9.17) is 14.2 Å². The van der Waals surface area contributed by atoms with Gasteiger partial charge in [-0.2, -0.15) is 0 Å². The van der Waals surface area contributed by atoms with E-state index >= 15 is 0 Å². The fraction of sp³-hybridized carbons (Fsp3) is 0.333. The molecule has 0 saturated carbocycles. The van der Waals surface area contributed by atoms with Crippen LogP contribution in [0.2, 0.25) is 0 Å². The van der Waals surface area contributed by atoms with E-state index in [0.717, 1.165) is 5.39 Å².